The molecule has 0 atom stereocenters. The monoisotopic (exact) mass is 404 g/mol. The number of hydrogen-bond acceptors (Lipinski definition) is 6. The van der Waals surface area contributed by atoms with Crippen molar-refractivity contribution >= 4 is 15.7 Å². The molecule has 28 heavy (non-hydrogen) atoms. The fourth-order valence-corrected chi connectivity index (χ4v) is 4.41. The summed E-state index contributed by atoms with van der Waals surface area (Å²) in [5.74, 6) is 0.707. The molecule has 0 bridgehead atoms. The molecule has 0 radical (unpaired) electrons. The molecule has 0 unspecified atom stereocenters. The minimum atomic E-state index is -3.68. The van der Waals surface area contributed by atoms with E-state index in [4.69, 9.17) is 9.47 Å². The lowest BCUT2D eigenvalue weighted by atomic mass is 10.3. The van der Waals surface area contributed by atoms with Crippen LogP contribution >= 0.6 is 0 Å². The Bertz CT molecular complexity index is 1120. The summed E-state index contributed by atoms with van der Waals surface area (Å²) in [5, 5.41) is 4.24. The molecule has 148 valence electrons. The molecule has 4 rings (SSSR count). The fourth-order valence-electron chi connectivity index (χ4n) is 3.00. The van der Waals surface area contributed by atoms with Crippen LogP contribution in [0.25, 0.3) is 5.65 Å². The van der Waals surface area contributed by atoms with Crippen molar-refractivity contribution in [3.8, 4) is 5.75 Å². The normalized spacial score (nSPS) is 15.7. The van der Waals surface area contributed by atoms with Gasteiger partial charge in [0.05, 0.1) is 24.7 Å². The maximum Gasteiger partial charge on any atom is 0.350 e. The summed E-state index contributed by atoms with van der Waals surface area (Å²) in [7, 11) is -3.68. The summed E-state index contributed by atoms with van der Waals surface area (Å²) >= 11 is 0. The van der Waals surface area contributed by atoms with E-state index in [2.05, 4.69) is 5.10 Å². The van der Waals surface area contributed by atoms with E-state index < -0.39 is 15.7 Å². The van der Waals surface area contributed by atoms with Crippen LogP contribution in [0.15, 0.2) is 58.4 Å². The first kappa shape index (κ1) is 18.7. The van der Waals surface area contributed by atoms with Crippen molar-refractivity contribution in [3.05, 3.63) is 59.1 Å². The molecule has 0 aliphatic carbocycles. The van der Waals surface area contributed by atoms with Crippen molar-refractivity contribution in [1.82, 2.24) is 18.5 Å². The zero-order valence-electron chi connectivity index (χ0n) is 15.1. The van der Waals surface area contributed by atoms with E-state index in [9.17, 15) is 13.2 Å². The molecule has 0 saturated carbocycles. The van der Waals surface area contributed by atoms with Crippen LogP contribution in [-0.2, 0) is 21.3 Å². The second-order valence-corrected chi connectivity index (χ2v) is 8.21. The minimum absolute atomic E-state index is 0.0593. The van der Waals surface area contributed by atoms with Gasteiger partial charge in [0.25, 0.3) is 0 Å². The van der Waals surface area contributed by atoms with Gasteiger partial charge in [-0.15, -0.1) is 5.10 Å². The van der Waals surface area contributed by atoms with Crippen LogP contribution in [-0.4, -0.2) is 59.8 Å². The zero-order valence-corrected chi connectivity index (χ0v) is 15.9. The van der Waals surface area contributed by atoms with Crippen molar-refractivity contribution in [2.45, 2.75) is 11.4 Å². The number of fused-ring (bicyclic) bond motifs is 1. The number of rotatable bonds is 6. The topological polar surface area (TPSA) is 95.1 Å². The Morgan fingerprint density at radius 1 is 1.07 bits per heavy atom. The highest BCUT2D eigenvalue weighted by Gasteiger charge is 2.27. The molecular formula is C18H20N4O5S. The SMILES string of the molecule is O=c1n(CCOc2ccccc2)nc2ccc(S(=O)(=O)N3CCOCC3)cn12. The van der Waals surface area contributed by atoms with Gasteiger partial charge < -0.3 is 9.47 Å². The maximum atomic E-state index is 12.8. The van der Waals surface area contributed by atoms with Gasteiger partial charge in [0.2, 0.25) is 10.0 Å². The summed E-state index contributed by atoms with van der Waals surface area (Å²) < 4.78 is 40.2. The second-order valence-electron chi connectivity index (χ2n) is 6.28. The fraction of sp³-hybridized carbons (Fsp3) is 0.333. The summed E-state index contributed by atoms with van der Waals surface area (Å²) in [6, 6.07) is 12.3. The molecule has 1 saturated heterocycles. The molecule has 2 aromatic heterocycles. The molecule has 0 amide bonds. The van der Waals surface area contributed by atoms with Crippen LogP contribution in [0.1, 0.15) is 0 Å². The molecule has 1 aliphatic heterocycles. The molecule has 3 heterocycles. The Kier molecular flexibility index (Phi) is 5.16. The molecule has 10 heteroatoms. The quantitative estimate of drug-likeness (QED) is 0.597. The van der Waals surface area contributed by atoms with Crippen LogP contribution in [0.4, 0.5) is 0 Å². The number of nitrogens with zero attached hydrogens (tertiary/aromatic N) is 4. The van der Waals surface area contributed by atoms with Gasteiger partial charge in [-0.2, -0.15) is 4.31 Å². The molecule has 1 aliphatic rings. The first-order valence-corrected chi connectivity index (χ1v) is 10.3. The van der Waals surface area contributed by atoms with E-state index in [1.165, 1.54) is 31.7 Å². The smallest absolute Gasteiger partial charge is 0.350 e. The number of sulfonamides is 1. The van der Waals surface area contributed by atoms with Gasteiger partial charge in [0.1, 0.15) is 12.4 Å². The summed E-state index contributed by atoms with van der Waals surface area (Å²) in [6.07, 6.45) is 1.32. The van der Waals surface area contributed by atoms with Crippen LogP contribution in [0.5, 0.6) is 5.75 Å². The summed E-state index contributed by atoms with van der Waals surface area (Å²) in [4.78, 5) is 12.7. The van der Waals surface area contributed by atoms with E-state index in [0.717, 1.165) is 0 Å². The van der Waals surface area contributed by atoms with Crippen LogP contribution < -0.4 is 10.4 Å². The lowest BCUT2D eigenvalue weighted by Crippen LogP contribution is -2.40. The Labute approximate surface area is 161 Å². The highest BCUT2D eigenvalue weighted by atomic mass is 32.2. The first-order chi connectivity index (χ1) is 13.6. The third kappa shape index (κ3) is 3.66. The van der Waals surface area contributed by atoms with Crippen molar-refractivity contribution in [3.63, 3.8) is 0 Å². The first-order valence-electron chi connectivity index (χ1n) is 8.91. The van der Waals surface area contributed by atoms with Crippen molar-refractivity contribution < 1.29 is 17.9 Å². The van der Waals surface area contributed by atoms with Gasteiger partial charge in [0, 0.05) is 19.3 Å². The van der Waals surface area contributed by atoms with Crippen LogP contribution in [0.2, 0.25) is 0 Å². The van der Waals surface area contributed by atoms with Crippen molar-refractivity contribution in [2.75, 3.05) is 32.9 Å². The zero-order chi connectivity index (χ0) is 19.6. The van der Waals surface area contributed by atoms with E-state index >= 15 is 0 Å². The largest absolute Gasteiger partial charge is 0.492 e. The third-order valence-electron chi connectivity index (χ3n) is 4.47. The maximum absolute atomic E-state index is 12.8. The summed E-state index contributed by atoms with van der Waals surface area (Å²) in [5.41, 5.74) is -0.0312. The van der Waals surface area contributed by atoms with Crippen molar-refractivity contribution in [2.24, 2.45) is 0 Å². The number of pyridine rings is 1. The summed E-state index contributed by atoms with van der Waals surface area (Å²) in [6.45, 7) is 1.84. The minimum Gasteiger partial charge on any atom is -0.492 e. The van der Waals surface area contributed by atoms with E-state index in [1.807, 2.05) is 30.3 Å². The lowest BCUT2D eigenvalue weighted by Gasteiger charge is -2.25. The van der Waals surface area contributed by atoms with Gasteiger partial charge >= 0.3 is 5.69 Å². The molecule has 0 spiro atoms. The van der Waals surface area contributed by atoms with Gasteiger partial charge in [0.15, 0.2) is 5.65 Å². The molecule has 9 nitrogen and oxygen atoms in total. The lowest BCUT2D eigenvalue weighted by molar-refractivity contribution is 0.0730. The van der Waals surface area contributed by atoms with Crippen LogP contribution in [0.3, 0.4) is 0 Å². The Morgan fingerprint density at radius 2 is 1.82 bits per heavy atom. The molecule has 3 aromatic rings. The number of aromatic nitrogens is 3. The van der Waals surface area contributed by atoms with E-state index in [0.29, 0.717) is 37.7 Å². The molecule has 0 N–H and O–H groups in total. The Balaban J connectivity index is 1.55. The van der Waals surface area contributed by atoms with E-state index in [-0.39, 0.29) is 18.0 Å². The second kappa shape index (κ2) is 7.74. The Hall–Kier alpha value is -2.69. The number of hydrogen-bond donors (Lipinski definition) is 0. The number of morpholine rings is 1. The predicted octanol–water partition coefficient (Wildman–Crippen LogP) is 0.596. The number of ether oxygens (including phenoxy) is 2. The average molecular weight is 404 g/mol. The van der Waals surface area contributed by atoms with Crippen LogP contribution in [0, 0.1) is 0 Å². The van der Waals surface area contributed by atoms with Gasteiger partial charge in [-0.05, 0) is 24.3 Å². The molecule has 1 fully saturated rings. The highest BCUT2D eigenvalue weighted by molar-refractivity contribution is 7.89. The van der Waals surface area contributed by atoms with Gasteiger partial charge in [-0.25, -0.2) is 22.3 Å². The van der Waals surface area contributed by atoms with Crippen molar-refractivity contribution in [1.29, 1.82) is 0 Å². The third-order valence-corrected chi connectivity index (χ3v) is 6.35. The number of para-hydroxylation sites is 1. The standard InChI is InChI=1S/C18H20N4O5S/c23-18-21-14-16(28(24,25)20-8-11-26-12-9-20)6-7-17(21)19-22(18)10-13-27-15-4-2-1-3-5-15/h1-7,14H,8-13H2. The molecule has 1 aromatic carbocycles. The predicted molar refractivity (Wildman–Crippen MR) is 101 cm³/mol. The molecular weight excluding hydrogens is 384 g/mol. The average Bonchev–Trinajstić information content (AvgIpc) is 3.05. The Morgan fingerprint density at radius 3 is 2.57 bits per heavy atom. The van der Waals surface area contributed by atoms with E-state index in [1.54, 1.807) is 0 Å². The van der Waals surface area contributed by atoms with Gasteiger partial charge in [-0.3, -0.25) is 0 Å². The van der Waals surface area contributed by atoms with Gasteiger partial charge in [-0.1, -0.05) is 18.2 Å². The number of benzene rings is 1. The highest BCUT2D eigenvalue weighted by Crippen LogP contribution is 2.17.